The Morgan fingerprint density at radius 2 is 1.75 bits per heavy atom. The molecule has 0 saturated heterocycles. The molecule has 0 amide bonds. The van der Waals surface area contributed by atoms with Crippen molar-refractivity contribution in [1.29, 1.82) is 0 Å². The highest BCUT2D eigenvalue weighted by molar-refractivity contribution is 7.16. The van der Waals surface area contributed by atoms with E-state index in [1.807, 2.05) is 13.1 Å². The van der Waals surface area contributed by atoms with Crippen LogP contribution in [0.3, 0.4) is 0 Å². The van der Waals surface area contributed by atoms with Crippen LogP contribution in [0.4, 0.5) is 0 Å². The molecule has 0 aliphatic rings. The highest BCUT2D eigenvalue weighted by atomic mass is 35.5. The fourth-order valence-electron chi connectivity index (χ4n) is 3.18. The Morgan fingerprint density at radius 3 is 2.20 bits per heavy atom. The summed E-state index contributed by atoms with van der Waals surface area (Å²) in [7, 11) is 2.04. The molecule has 0 fully saturated rings. The van der Waals surface area contributed by atoms with Crippen LogP contribution < -0.4 is 5.32 Å². The van der Waals surface area contributed by atoms with Crippen molar-refractivity contribution in [2.75, 3.05) is 7.05 Å². The van der Waals surface area contributed by atoms with Crippen LogP contribution in [0, 0.1) is 0 Å². The summed E-state index contributed by atoms with van der Waals surface area (Å²) in [4.78, 5) is 1.31. The molecule has 0 spiro atoms. The summed E-state index contributed by atoms with van der Waals surface area (Å²) >= 11 is 7.81. The van der Waals surface area contributed by atoms with Crippen molar-refractivity contribution in [3.05, 3.63) is 57.2 Å². The van der Waals surface area contributed by atoms with Crippen LogP contribution in [0.25, 0.3) is 0 Å². The standard InChI is InChI=1S/C17H22ClNS/c1-4-17(5-2,13-9-7-6-8-10-13)16(19-3)14-11-12-15(18)20-14/h6-12,16,19H,4-5H2,1-3H3. The first-order valence-corrected chi connectivity index (χ1v) is 8.35. The Bertz CT molecular complexity index is 531. The highest BCUT2D eigenvalue weighted by Gasteiger charge is 2.38. The Morgan fingerprint density at radius 1 is 1.10 bits per heavy atom. The Kier molecular flexibility index (Phi) is 5.25. The molecule has 108 valence electrons. The minimum absolute atomic E-state index is 0.101. The molecule has 2 rings (SSSR count). The van der Waals surface area contributed by atoms with Crippen LogP contribution in [0.2, 0.25) is 4.34 Å². The van der Waals surface area contributed by atoms with Gasteiger partial charge in [0.25, 0.3) is 0 Å². The maximum absolute atomic E-state index is 6.13. The van der Waals surface area contributed by atoms with Gasteiger partial charge in [-0.15, -0.1) is 11.3 Å². The van der Waals surface area contributed by atoms with Gasteiger partial charge in [-0.05, 0) is 37.6 Å². The summed E-state index contributed by atoms with van der Waals surface area (Å²) in [5.74, 6) is 0. The Labute approximate surface area is 131 Å². The quantitative estimate of drug-likeness (QED) is 0.751. The van der Waals surface area contributed by atoms with Gasteiger partial charge in [0, 0.05) is 10.3 Å². The minimum Gasteiger partial charge on any atom is -0.312 e. The maximum Gasteiger partial charge on any atom is 0.0931 e. The number of hydrogen-bond donors (Lipinski definition) is 1. The zero-order valence-electron chi connectivity index (χ0n) is 12.3. The lowest BCUT2D eigenvalue weighted by Crippen LogP contribution is -2.39. The largest absolute Gasteiger partial charge is 0.312 e. The molecule has 1 heterocycles. The fraction of sp³-hybridized carbons (Fsp3) is 0.412. The predicted octanol–water partition coefficient (Wildman–Crippen LogP) is 5.42. The lowest BCUT2D eigenvalue weighted by atomic mass is 9.69. The summed E-state index contributed by atoms with van der Waals surface area (Å²) in [6.45, 7) is 4.55. The molecule has 1 aromatic carbocycles. The van der Waals surface area contributed by atoms with E-state index in [0.29, 0.717) is 0 Å². The molecular weight excluding hydrogens is 286 g/mol. The van der Waals surface area contributed by atoms with Crippen molar-refractivity contribution in [3.8, 4) is 0 Å². The average Bonchev–Trinajstić information content (AvgIpc) is 2.92. The van der Waals surface area contributed by atoms with E-state index in [9.17, 15) is 0 Å². The van der Waals surface area contributed by atoms with Crippen molar-refractivity contribution in [2.45, 2.75) is 38.1 Å². The summed E-state index contributed by atoms with van der Waals surface area (Å²) in [6, 6.07) is 15.3. The number of hydrogen-bond acceptors (Lipinski definition) is 2. The molecule has 1 atom stereocenters. The monoisotopic (exact) mass is 307 g/mol. The van der Waals surface area contributed by atoms with E-state index in [1.54, 1.807) is 11.3 Å². The molecular formula is C17H22ClNS. The third-order valence-electron chi connectivity index (χ3n) is 4.33. The van der Waals surface area contributed by atoms with Crippen molar-refractivity contribution >= 4 is 22.9 Å². The van der Waals surface area contributed by atoms with E-state index < -0.39 is 0 Å². The van der Waals surface area contributed by atoms with Gasteiger partial charge >= 0.3 is 0 Å². The zero-order valence-corrected chi connectivity index (χ0v) is 13.9. The van der Waals surface area contributed by atoms with Crippen molar-refractivity contribution in [2.24, 2.45) is 0 Å². The zero-order chi connectivity index (χ0) is 14.6. The minimum atomic E-state index is 0.101. The number of thiophene rings is 1. The number of halogens is 1. The first kappa shape index (κ1) is 15.6. The molecule has 0 radical (unpaired) electrons. The molecule has 0 saturated carbocycles. The predicted molar refractivity (Wildman–Crippen MR) is 89.8 cm³/mol. The van der Waals surface area contributed by atoms with Crippen LogP contribution in [0.5, 0.6) is 0 Å². The van der Waals surface area contributed by atoms with Crippen LogP contribution >= 0.6 is 22.9 Å². The molecule has 0 aliphatic carbocycles. The van der Waals surface area contributed by atoms with Crippen LogP contribution in [-0.2, 0) is 5.41 Å². The van der Waals surface area contributed by atoms with Crippen molar-refractivity contribution in [3.63, 3.8) is 0 Å². The lowest BCUT2D eigenvalue weighted by molar-refractivity contribution is 0.290. The van der Waals surface area contributed by atoms with E-state index in [2.05, 4.69) is 55.6 Å². The van der Waals surface area contributed by atoms with E-state index in [4.69, 9.17) is 11.6 Å². The van der Waals surface area contributed by atoms with E-state index >= 15 is 0 Å². The smallest absolute Gasteiger partial charge is 0.0931 e. The second-order valence-electron chi connectivity index (χ2n) is 5.09. The molecule has 2 aromatic rings. The van der Waals surface area contributed by atoms with Crippen LogP contribution in [0.1, 0.15) is 43.2 Å². The molecule has 1 nitrogen and oxygen atoms in total. The van der Waals surface area contributed by atoms with Crippen LogP contribution in [0.15, 0.2) is 42.5 Å². The second kappa shape index (κ2) is 6.75. The molecule has 0 bridgehead atoms. The third kappa shape index (κ3) is 2.78. The van der Waals surface area contributed by atoms with Gasteiger partial charge < -0.3 is 5.32 Å². The van der Waals surface area contributed by atoms with Gasteiger partial charge in [0.15, 0.2) is 0 Å². The first-order valence-electron chi connectivity index (χ1n) is 7.16. The van der Waals surface area contributed by atoms with E-state index in [0.717, 1.165) is 17.2 Å². The second-order valence-corrected chi connectivity index (χ2v) is 6.84. The maximum atomic E-state index is 6.13. The first-order chi connectivity index (χ1) is 9.67. The molecule has 20 heavy (non-hydrogen) atoms. The fourth-order valence-corrected chi connectivity index (χ4v) is 4.47. The van der Waals surface area contributed by atoms with Crippen molar-refractivity contribution in [1.82, 2.24) is 5.32 Å². The van der Waals surface area contributed by atoms with Gasteiger partial charge in [-0.1, -0.05) is 55.8 Å². The number of nitrogens with one attached hydrogen (secondary N) is 1. The van der Waals surface area contributed by atoms with Gasteiger partial charge in [-0.2, -0.15) is 0 Å². The summed E-state index contributed by atoms with van der Waals surface area (Å²) in [6.07, 6.45) is 2.18. The summed E-state index contributed by atoms with van der Waals surface area (Å²) < 4.78 is 0.856. The summed E-state index contributed by atoms with van der Waals surface area (Å²) in [5, 5.41) is 3.52. The van der Waals surface area contributed by atoms with Gasteiger partial charge in [0.2, 0.25) is 0 Å². The van der Waals surface area contributed by atoms with Crippen LogP contribution in [-0.4, -0.2) is 7.05 Å². The molecule has 1 N–H and O–H groups in total. The van der Waals surface area contributed by atoms with Gasteiger partial charge in [0.05, 0.1) is 10.4 Å². The number of rotatable bonds is 6. The van der Waals surface area contributed by atoms with Crippen molar-refractivity contribution < 1.29 is 0 Å². The number of likely N-dealkylation sites (N-methyl/N-ethyl adjacent to an activating group) is 1. The topological polar surface area (TPSA) is 12.0 Å². The number of benzene rings is 1. The average molecular weight is 308 g/mol. The van der Waals surface area contributed by atoms with Gasteiger partial charge in [0.1, 0.15) is 0 Å². The van der Waals surface area contributed by atoms with E-state index in [1.165, 1.54) is 10.4 Å². The highest BCUT2D eigenvalue weighted by Crippen LogP contribution is 2.45. The molecule has 0 aliphatic heterocycles. The van der Waals surface area contributed by atoms with E-state index in [-0.39, 0.29) is 11.5 Å². The molecule has 3 heteroatoms. The van der Waals surface area contributed by atoms with Gasteiger partial charge in [-0.3, -0.25) is 0 Å². The normalized spacial score (nSPS) is 13.4. The Hall–Kier alpha value is -0.830. The molecule has 1 aromatic heterocycles. The lowest BCUT2D eigenvalue weighted by Gasteiger charge is -2.40. The SMILES string of the molecule is CCC(CC)(c1ccccc1)C(NC)c1ccc(Cl)s1. The summed E-state index contributed by atoms with van der Waals surface area (Å²) in [5.41, 5.74) is 1.50. The molecule has 1 unspecified atom stereocenters. The Balaban J connectivity index is 2.50. The van der Waals surface area contributed by atoms with Gasteiger partial charge in [-0.25, -0.2) is 0 Å². The third-order valence-corrected chi connectivity index (χ3v) is 5.63.